The Morgan fingerprint density at radius 3 is 2.58 bits per heavy atom. The van der Waals surface area contributed by atoms with E-state index in [2.05, 4.69) is 16.5 Å². The molecule has 0 spiro atoms. The number of aromatic nitrogens is 3. The van der Waals surface area contributed by atoms with Crippen LogP contribution in [0.4, 0.5) is 13.2 Å². The molecule has 2 heterocycles. The molecule has 0 saturated heterocycles. The van der Waals surface area contributed by atoms with Crippen LogP contribution in [0.1, 0.15) is 28.2 Å². The second-order valence-corrected chi connectivity index (χ2v) is 6.47. The maximum Gasteiger partial charge on any atom is 0.393 e. The molecule has 6 heteroatoms. The number of hydrogen-bond acceptors (Lipinski definition) is 2. The monoisotopic (exact) mass is 355 g/mol. The van der Waals surface area contributed by atoms with Gasteiger partial charge in [-0.05, 0) is 24.1 Å². The van der Waals surface area contributed by atoms with Crippen molar-refractivity contribution in [2.75, 3.05) is 0 Å². The third-order valence-electron chi connectivity index (χ3n) is 4.42. The topological polar surface area (TPSA) is 30.7 Å². The minimum atomic E-state index is -4.27. The summed E-state index contributed by atoms with van der Waals surface area (Å²) in [5.74, 6) is 0.532. The standard InChI is InChI=1S/C20H16F3N3/c1-12-7-8-15(24-10-12)11-26-18-13(2)17(18)25-19(26)16-6-4-3-5-14(16)9-20(21,22)23/h3-8,10H,2,9,11H2,1H3. The largest absolute Gasteiger partial charge is 0.393 e. The molecule has 1 aliphatic carbocycles. The number of aryl methyl sites for hydroxylation is 1. The summed E-state index contributed by atoms with van der Waals surface area (Å²) in [6.07, 6.45) is -3.48. The lowest BCUT2D eigenvalue weighted by Gasteiger charge is -2.14. The summed E-state index contributed by atoms with van der Waals surface area (Å²) in [4.78, 5) is 8.93. The lowest BCUT2D eigenvalue weighted by Crippen LogP contribution is -2.13. The van der Waals surface area contributed by atoms with Gasteiger partial charge in [-0.1, -0.05) is 36.9 Å². The van der Waals surface area contributed by atoms with Crippen LogP contribution >= 0.6 is 0 Å². The number of halogens is 3. The van der Waals surface area contributed by atoms with Crippen LogP contribution in [0.2, 0.25) is 0 Å². The molecule has 1 aromatic carbocycles. The highest BCUT2D eigenvalue weighted by atomic mass is 19.4. The molecule has 0 N–H and O–H groups in total. The summed E-state index contributed by atoms with van der Waals surface area (Å²) in [5.41, 5.74) is 5.10. The summed E-state index contributed by atoms with van der Waals surface area (Å²) in [6, 6.07) is 10.4. The van der Waals surface area contributed by atoms with Gasteiger partial charge in [0.05, 0.1) is 30.0 Å². The molecule has 0 bridgehead atoms. The van der Waals surface area contributed by atoms with Crippen LogP contribution in [0.3, 0.4) is 0 Å². The van der Waals surface area contributed by atoms with E-state index in [0.29, 0.717) is 17.9 Å². The molecule has 0 amide bonds. The zero-order valence-electron chi connectivity index (χ0n) is 14.1. The van der Waals surface area contributed by atoms with Crippen LogP contribution in [0.5, 0.6) is 0 Å². The van der Waals surface area contributed by atoms with Crippen LogP contribution in [0.25, 0.3) is 17.0 Å². The molecule has 2 aromatic heterocycles. The third-order valence-corrected chi connectivity index (χ3v) is 4.42. The first-order valence-corrected chi connectivity index (χ1v) is 8.20. The molecule has 132 valence electrons. The van der Waals surface area contributed by atoms with Gasteiger partial charge in [0.2, 0.25) is 0 Å². The number of imidazole rings is 1. The molecule has 0 atom stereocenters. The molecule has 0 fully saturated rings. The number of hydrogen-bond donors (Lipinski definition) is 0. The number of benzene rings is 1. The summed E-state index contributed by atoms with van der Waals surface area (Å²) in [6.45, 7) is 6.34. The SMILES string of the molecule is C=C1c2nc(-c3ccccc3CC(F)(F)F)n(Cc3ccc(C)cn3)c21. The van der Waals surface area contributed by atoms with E-state index < -0.39 is 12.6 Å². The predicted octanol–water partition coefficient (Wildman–Crippen LogP) is 4.78. The van der Waals surface area contributed by atoms with Gasteiger partial charge in [0.15, 0.2) is 0 Å². The number of nitrogens with zero attached hydrogens (tertiary/aromatic N) is 3. The van der Waals surface area contributed by atoms with Crippen LogP contribution in [0.15, 0.2) is 49.2 Å². The fourth-order valence-corrected chi connectivity index (χ4v) is 3.11. The summed E-state index contributed by atoms with van der Waals surface area (Å²) in [7, 11) is 0. The Kier molecular flexibility index (Phi) is 3.72. The van der Waals surface area contributed by atoms with Crippen molar-refractivity contribution in [2.24, 2.45) is 0 Å². The molecule has 3 aromatic rings. The molecular formula is C20H16F3N3. The first-order chi connectivity index (χ1) is 12.3. The van der Waals surface area contributed by atoms with E-state index in [1.807, 2.05) is 23.6 Å². The van der Waals surface area contributed by atoms with Gasteiger partial charge in [0, 0.05) is 17.3 Å². The van der Waals surface area contributed by atoms with E-state index in [4.69, 9.17) is 0 Å². The van der Waals surface area contributed by atoms with Crippen LogP contribution in [-0.2, 0) is 13.0 Å². The maximum absolute atomic E-state index is 12.9. The third kappa shape index (κ3) is 3.03. The lowest BCUT2D eigenvalue weighted by molar-refractivity contribution is -0.127. The summed E-state index contributed by atoms with van der Waals surface area (Å²) >= 11 is 0. The Bertz CT molecular complexity index is 998. The normalized spacial score (nSPS) is 13.0. The summed E-state index contributed by atoms with van der Waals surface area (Å²) in [5, 5.41) is 0. The van der Waals surface area contributed by atoms with Gasteiger partial charge in [0.25, 0.3) is 0 Å². The Hall–Kier alpha value is -2.89. The van der Waals surface area contributed by atoms with Crippen molar-refractivity contribution in [1.29, 1.82) is 0 Å². The minimum Gasteiger partial charge on any atom is -0.317 e. The highest BCUT2D eigenvalue weighted by molar-refractivity contribution is 5.96. The smallest absolute Gasteiger partial charge is 0.317 e. The van der Waals surface area contributed by atoms with Crippen molar-refractivity contribution in [1.82, 2.24) is 14.5 Å². The molecular weight excluding hydrogens is 339 g/mol. The lowest BCUT2D eigenvalue weighted by atomic mass is 10.0. The van der Waals surface area contributed by atoms with E-state index >= 15 is 0 Å². The Labute approximate surface area is 148 Å². The number of rotatable bonds is 4. The van der Waals surface area contributed by atoms with E-state index in [0.717, 1.165) is 28.2 Å². The average molecular weight is 355 g/mol. The van der Waals surface area contributed by atoms with Crippen LogP contribution < -0.4 is 0 Å². The molecule has 0 aliphatic heterocycles. The highest BCUT2D eigenvalue weighted by Gasteiger charge is 2.35. The van der Waals surface area contributed by atoms with Crippen molar-refractivity contribution in [3.8, 4) is 11.4 Å². The first kappa shape index (κ1) is 16.6. The van der Waals surface area contributed by atoms with Gasteiger partial charge < -0.3 is 4.57 Å². The van der Waals surface area contributed by atoms with Crippen LogP contribution in [0, 0.1) is 6.92 Å². The number of fused-ring (bicyclic) bond motifs is 1. The fraction of sp³-hybridized carbons (Fsp3) is 0.200. The van der Waals surface area contributed by atoms with E-state index in [-0.39, 0.29) is 5.56 Å². The van der Waals surface area contributed by atoms with Crippen molar-refractivity contribution in [3.05, 3.63) is 77.4 Å². The molecule has 4 rings (SSSR count). The predicted molar refractivity (Wildman–Crippen MR) is 93.6 cm³/mol. The fourth-order valence-electron chi connectivity index (χ4n) is 3.11. The van der Waals surface area contributed by atoms with E-state index in [9.17, 15) is 13.2 Å². The van der Waals surface area contributed by atoms with Gasteiger partial charge in [-0.25, -0.2) is 4.98 Å². The Balaban J connectivity index is 1.77. The number of pyridine rings is 1. The van der Waals surface area contributed by atoms with Crippen molar-refractivity contribution < 1.29 is 13.2 Å². The van der Waals surface area contributed by atoms with Crippen molar-refractivity contribution >= 4 is 5.57 Å². The molecule has 26 heavy (non-hydrogen) atoms. The van der Waals surface area contributed by atoms with Gasteiger partial charge in [-0.2, -0.15) is 13.2 Å². The van der Waals surface area contributed by atoms with Crippen LogP contribution in [-0.4, -0.2) is 20.7 Å². The Morgan fingerprint density at radius 2 is 1.88 bits per heavy atom. The summed E-state index contributed by atoms with van der Waals surface area (Å²) < 4.78 is 40.8. The molecule has 3 nitrogen and oxygen atoms in total. The van der Waals surface area contributed by atoms with E-state index in [1.54, 1.807) is 24.4 Å². The maximum atomic E-state index is 12.9. The quantitative estimate of drug-likeness (QED) is 0.527. The zero-order valence-corrected chi connectivity index (χ0v) is 14.1. The van der Waals surface area contributed by atoms with Gasteiger partial charge in [-0.3, -0.25) is 4.98 Å². The van der Waals surface area contributed by atoms with Crippen molar-refractivity contribution in [2.45, 2.75) is 26.1 Å². The number of alkyl halides is 3. The minimum absolute atomic E-state index is 0.216. The zero-order chi connectivity index (χ0) is 18.5. The first-order valence-electron chi connectivity index (χ1n) is 8.20. The molecule has 0 saturated carbocycles. The molecule has 0 radical (unpaired) electrons. The highest BCUT2D eigenvalue weighted by Crippen LogP contribution is 2.44. The second-order valence-electron chi connectivity index (χ2n) is 6.47. The van der Waals surface area contributed by atoms with Gasteiger partial charge in [-0.15, -0.1) is 0 Å². The van der Waals surface area contributed by atoms with Gasteiger partial charge in [0.1, 0.15) is 5.82 Å². The Morgan fingerprint density at radius 1 is 1.12 bits per heavy atom. The second kappa shape index (κ2) is 5.83. The average Bonchev–Trinajstić information content (AvgIpc) is 3.04. The van der Waals surface area contributed by atoms with Gasteiger partial charge >= 0.3 is 6.18 Å². The molecule has 1 aliphatic rings. The van der Waals surface area contributed by atoms with E-state index in [1.165, 1.54) is 6.07 Å². The van der Waals surface area contributed by atoms with Crippen molar-refractivity contribution in [3.63, 3.8) is 0 Å². The molecule has 0 unspecified atom stereocenters.